The third-order valence-corrected chi connectivity index (χ3v) is 4.29. The number of esters is 1. The lowest BCUT2D eigenvalue weighted by molar-refractivity contribution is -0.115. The monoisotopic (exact) mass is 335 g/mol. The standard InChI is InChI=1S/C17H18FNO3S/c1-4-13(20)19-16-15(17(21)22-5-2)14(10(3)23-16)11-6-8-12(18)9-7-11/h6-9H,4-5H2,1-3H3,(H,19,20). The number of thiophene rings is 1. The fraction of sp³-hybridized carbons (Fsp3) is 0.294. The zero-order valence-corrected chi connectivity index (χ0v) is 14.1. The minimum absolute atomic E-state index is 0.178. The molecule has 0 aliphatic carbocycles. The molecule has 6 heteroatoms. The second-order valence-corrected chi connectivity index (χ2v) is 6.09. The summed E-state index contributed by atoms with van der Waals surface area (Å²) < 4.78 is 18.3. The van der Waals surface area contributed by atoms with E-state index in [0.717, 1.165) is 4.88 Å². The van der Waals surface area contributed by atoms with Crippen LogP contribution in [0.2, 0.25) is 0 Å². The van der Waals surface area contributed by atoms with Gasteiger partial charge >= 0.3 is 5.97 Å². The number of anilines is 1. The van der Waals surface area contributed by atoms with E-state index < -0.39 is 5.97 Å². The van der Waals surface area contributed by atoms with Crippen LogP contribution in [0.25, 0.3) is 11.1 Å². The molecule has 0 aliphatic rings. The van der Waals surface area contributed by atoms with Gasteiger partial charge in [-0.3, -0.25) is 4.79 Å². The average molecular weight is 335 g/mol. The molecular formula is C17H18FNO3S. The third kappa shape index (κ3) is 3.76. The van der Waals surface area contributed by atoms with Crippen molar-refractivity contribution in [2.75, 3.05) is 11.9 Å². The van der Waals surface area contributed by atoms with Crippen molar-refractivity contribution in [1.29, 1.82) is 0 Å². The molecule has 1 aromatic carbocycles. The summed E-state index contributed by atoms with van der Waals surface area (Å²) in [5, 5.41) is 3.21. The normalized spacial score (nSPS) is 10.4. The van der Waals surface area contributed by atoms with Crippen LogP contribution in [0.4, 0.5) is 9.39 Å². The van der Waals surface area contributed by atoms with Crippen molar-refractivity contribution in [3.05, 3.63) is 40.5 Å². The number of carbonyl (C=O) groups excluding carboxylic acids is 2. The van der Waals surface area contributed by atoms with Gasteiger partial charge in [-0.1, -0.05) is 19.1 Å². The predicted molar refractivity (Wildman–Crippen MR) is 89.3 cm³/mol. The smallest absolute Gasteiger partial charge is 0.341 e. The molecule has 0 bridgehead atoms. The Morgan fingerprint density at radius 1 is 1.22 bits per heavy atom. The summed E-state index contributed by atoms with van der Waals surface area (Å²) in [7, 11) is 0. The van der Waals surface area contributed by atoms with Gasteiger partial charge in [0.05, 0.1) is 6.61 Å². The molecular weight excluding hydrogens is 317 g/mol. The van der Waals surface area contributed by atoms with Crippen LogP contribution in [-0.2, 0) is 9.53 Å². The second kappa shape index (κ2) is 7.37. The summed E-state index contributed by atoms with van der Waals surface area (Å²) in [4.78, 5) is 24.9. The minimum atomic E-state index is -0.498. The average Bonchev–Trinajstić information content (AvgIpc) is 2.84. The molecule has 2 aromatic rings. The fourth-order valence-electron chi connectivity index (χ4n) is 2.21. The van der Waals surface area contributed by atoms with Gasteiger partial charge in [0.25, 0.3) is 0 Å². The van der Waals surface area contributed by atoms with Crippen LogP contribution in [0.5, 0.6) is 0 Å². The van der Waals surface area contributed by atoms with Gasteiger partial charge in [-0.25, -0.2) is 9.18 Å². The molecule has 0 saturated carbocycles. The van der Waals surface area contributed by atoms with Gasteiger partial charge in [-0.15, -0.1) is 11.3 Å². The number of hydrogen-bond acceptors (Lipinski definition) is 4. The van der Waals surface area contributed by atoms with Crippen LogP contribution in [0.15, 0.2) is 24.3 Å². The van der Waals surface area contributed by atoms with Crippen molar-refractivity contribution in [3.8, 4) is 11.1 Å². The highest BCUT2D eigenvalue weighted by atomic mass is 32.1. The van der Waals surface area contributed by atoms with Crippen LogP contribution in [0.1, 0.15) is 35.5 Å². The first-order valence-electron chi connectivity index (χ1n) is 7.34. The molecule has 1 heterocycles. The Morgan fingerprint density at radius 3 is 2.43 bits per heavy atom. The molecule has 23 heavy (non-hydrogen) atoms. The van der Waals surface area contributed by atoms with Gasteiger partial charge in [-0.2, -0.15) is 0 Å². The van der Waals surface area contributed by atoms with Crippen molar-refractivity contribution in [3.63, 3.8) is 0 Å². The number of nitrogens with one attached hydrogen (secondary N) is 1. The largest absolute Gasteiger partial charge is 0.462 e. The molecule has 0 unspecified atom stereocenters. The summed E-state index contributed by atoms with van der Waals surface area (Å²) in [6, 6.07) is 5.90. The number of amides is 1. The summed E-state index contributed by atoms with van der Waals surface area (Å²) >= 11 is 1.31. The zero-order valence-electron chi connectivity index (χ0n) is 13.2. The predicted octanol–water partition coefficient (Wildman–Crippen LogP) is 4.39. The molecule has 0 radical (unpaired) electrons. The highest BCUT2D eigenvalue weighted by Crippen LogP contribution is 2.40. The van der Waals surface area contributed by atoms with Crippen LogP contribution in [0, 0.1) is 12.7 Å². The van der Waals surface area contributed by atoms with E-state index in [4.69, 9.17) is 4.74 Å². The maximum Gasteiger partial charge on any atom is 0.341 e. The molecule has 1 N–H and O–H groups in total. The molecule has 0 aliphatic heterocycles. The Labute approximate surface area is 138 Å². The molecule has 0 atom stereocenters. The minimum Gasteiger partial charge on any atom is -0.462 e. The van der Waals surface area contributed by atoms with Crippen molar-refractivity contribution in [2.45, 2.75) is 27.2 Å². The highest BCUT2D eigenvalue weighted by molar-refractivity contribution is 7.17. The summed E-state index contributed by atoms with van der Waals surface area (Å²) in [6.07, 6.45) is 0.311. The van der Waals surface area contributed by atoms with Crippen molar-refractivity contribution in [1.82, 2.24) is 0 Å². The molecule has 0 spiro atoms. The molecule has 0 fully saturated rings. The SMILES string of the molecule is CCOC(=O)c1c(NC(=O)CC)sc(C)c1-c1ccc(F)cc1. The number of ether oxygens (including phenoxy) is 1. The van der Waals surface area contributed by atoms with Gasteiger partial charge in [0.2, 0.25) is 5.91 Å². The zero-order chi connectivity index (χ0) is 17.0. The van der Waals surface area contributed by atoms with Crippen molar-refractivity contribution >= 4 is 28.2 Å². The quantitative estimate of drug-likeness (QED) is 0.825. The second-order valence-electron chi connectivity index (χ2n) is 4.87. The molecule has 2 rings (SSSR count). The van der Waals surface area contributed by atoms with Crippen LogP contribution in [0.3, 0.4) is 0 Å². The molecule has 0 saturated heterocycles. The van der Waals surface area contributed by atoms with Gasteiger partial charge in [-0.05, 0) is 31.5 Å². The summed E-state index contributed by atoms with van der Waals surface area (Å²) in [5.74, 6) is -1.02. The van der Waals surface area contributed by atoms with Crippen molar-refractivity contribution < 1.29 is 18.7 Å². The molecule has 4 nitrogen and oxygen atoms in total. The Morgan fingerprint density at radius 2 is 1.87 bits per heavy atom. The van der Waals surface area contributed by atoms with E-state index in [2.05, 4.69) is 5.32 Å². The summed E-state index contributed by atoms with van der Waals surface area (Å²) in [6.45, 7) is 5.55. The fourth-order valence-corrected chi connectivity index (χ4v) is 3.29. The van der Waals surface area contributed by atoms with Crippen LogP contribution < -0.4 is 5.32 Å². The van der Waals surface area contributed by atoms with Gasteiger partial charge in [0.1, 0.15) is 16.4 Å². The lowest BCUT2D eigenvalue weighted by Crippen LogP contribution is -2.13. The number of aryl methyl sites for hydroxylation is 1. The maximum absolute atomic E-state index is 13.2. The van der Waals surface area contributed by atoms with Crippen molar-refractivity contribution in [2.24, 2.45) is 0 Å². The van der Waals surface area contributed by atoms with E-state index in [1.165, 1.54) is 23.5 Å². The van der Waals surface area contributed by atoms with Gasteiger partial charge < -0.3 is 10.1 Å². The number of carbonyl (C=O) groups is 2. The lowest BCUT2D eigenvalue weighted by atomic mass is 10.0. The van der Waals surface area contributed by atoms with E-state index in [-0.39, 0.29) is 18.3 Å². The lowest BCUT2D eigenvalue weighted by Gasteiger charge is -2.08. The number of rotatable bonds is 5. The Balaban J connectivity index is 2.57. The van der Waals surface area contributed by atoms with E-state index in [0.29, 0.717) is 28.1 Å². The third-order valence-electron chi connectivity index (χ3n) is 3.27. The van der Waals surface area contributed by atoms with E-state index in [1.807, 2.05) is 6.92 Å². The maximum atomic E-state index is 13.2. The Bertz CT molecular complexity index is 722. The van der Waals surface area contributed by atoms with Gasteiger partial charge in [0, 0.05) is 16.9 Å². The van der Waals surface area contributed by atoms with Crippen LogP contribution in [-0.4, -0.2) is 18.5 Å². The van der Waals surface area contributed by atoms with E-state index in [1.54, 1.807) is 26.0 Å². The summed E-state index contributed by atoms with van der Waals surface area (Å²) in [5.41, 5.74) is 1.70. The highest BCUT2D eigenvalue weighted by Gasteiger charge is 2.25. The first-order valence-corrected chi connectivity index (χ1v) is 8.15. The van der Waals surface area contributed by atoms with E-state index >= 15 is 0 Å². The number of hydrogen-bond donors (Lipinski definition) is 1. The molecule has 122 valence electrons. The topological polar surface area (TPSA) is 55.4 Å². The number of halogens is 1. The number of benzene rings is 1. The molecule has 1 aromatic heterocycles. The Hall–Kier alpha value is -2.21. The van der Waals surface area contributed by atoms with E-state index in [9.17, 15) is 14.0 Å². The molecule has 1 amide bonds. The first-order chi connectivity index (χ1) is 11.0. The van der Waals surface area contributed by atoms with Crippen LogP contribution >= 0.6 is 11.3 Å². The Kier molecular flexibility index (Phi) is 5.50. The van der Waals surface area contributed by atoms with Gasteiger partial charge in [0.15, 0.2) is 0 Å². The first kappa shape index (κ1) is 17.1.